The molecule has 0 aliphatic carbocycles. The Morgan fingerprint density at radius 2 is 2.00 bits per heavy atom. The Hall–Kier alpha value is -0.620. The van der Waals surface area contributed by atoms with Gasteiger partial charge in [-0.25, -0.2) is 0 Å². The van der Waals surface area contributed by atoms with Gasteiger partial charge in [0.1, 0.15) is 0 Å². The van der Waals surface area contributed by atoms with Gasteiger partial charge in [-0.2, -0.15) is 0 Å². The fourth-order valence-electron chi connectivity index (χ4n) is 1.30. The van der Waals surface area contributed by atoms with E-state index in [1.807, 2.05) is 31.2 Å². The third-order valence-electron chi connectivity index (χ3n) is 2.13. The Morgan fingerprint density at radius 1 is 1.40 bits per heavy atom. The molecule has 1 N–H and O–H groups in total. The van der Waals surface area contributed by atoms with Gasteiger partial charge < -0.3 is 10.0 Å². The molecule has 0 aliphatic heterocycles. The van der Waals surface area contributed by atoms with E-state index in [1.165, 1.54) is 0 Å². The van der Waals surface area contributed by atoms with Crippen LogP contribution in [0.1, 0.15) is 17.3 Å². The molecule has 0 atom stereocenters. The number of carbonyl (C=O) groups excluding carboxylic acids is 1. The number of carbonyl (C=O) groups is 1. The predicted octanol–water partition coefficient (Wildman–Crippen LogP) is 1.75. The van der Waals surface area contributed by atoms with Crippen molar-refractivity contribution >= 4 is 28.5 Å². The molecule has 0 unspecified atom stereocenters. The normalized spacial score (nSPS) is 10.1. The van der Waals surface area contributed by atoms with Gasteiger partial charge in [0, 0.05) is 22.2 Å². The lowest BCUT2D eigenvalue weighted by atomic mass is 10.2. The quantitative estimate of drug-likeness (QED) is 0.859. The number of rotatable bonds is 4. The van der Waals surface area contributed by atoms with E-state index in [9.17, 15) is 4.79 Å². The summed E-state index contributed by atoms with van der Waals surface area (Å²) in [5.74, 6) is -0.0250. The van der Waals surface area contributed by atoms with Crippen LogP contribution < -0.4 is 0 Å². The molecule has 0 aliphatic rings. The molecule has 0 spiro atoms. The molecule has 1 rings (SSSR count). The molecule has 1 aromatic rings. The summed E-state index contributed by atoms with van der Waals surface area (Å²) < 4.78 is 1.11. The topological polar surface area (TPSA) is 40.5 Å². The number of aliphatic hydroxyl groups excluding tert-OH is 1. The average molecular weight is 319 g/mol. The number of amides is 1. The standard InChI is InChI=1S/C11H14INO2/c1-2-13(7-8-14)11(15)9-3-5-10(12)6-4-9/h3-6,14H,2,7-8H2,1H3. The van der Waals surface area contributed by atoms with E-state index < -0.39 is 0 Å². The fourth-order valence-corrected chi connectivity index (χ4v) is 1.66. The highest BCUT2D eigenvalue weighted by molar-refractivity contribution is 14.1. The van der Waals surface area contributed by atoms with Crippen LogP contribution in [0.3, 0.4) is 0 Å². The van der Waals surface area contributed by atoms with Gasteiger partial charge in [0.05, 0.1) is 6.61 Å². The Labute approximate surface area is 103 Å². The Morgan fingerprint density at radius 3 is 2.47 bits per heavy atom. The van der Waals surface area contributed by atoms with Crippen LogP contribution in [0.5, 0.6) is 0 Å². The summed E-state index contributed by atoms with van der Waals surface area (Å²) in [5.41, 5.74) is 0.672. The van der Waals surface area contributed by atoms with Crippen LogP contribution in [0, 0.1) is 3.57 Å². The molecular formula is C11H14INO2. The molecule has 1 amide bonds. The van der Waals surface area contributed by atoms with Crippen molar-refractivity contribution in [1.82, 2.24) is 4.90 Å². The minimum atomic E-state index is -0.0250. The zero-order chi connectivity index (χ0) is 11.3. The lowest BCUT2D eigenvalue weighted by Crippen LogP contribution is -2.33. The first-order valence-electron chi connectivity index (χ1n) is 4.84. The van der Waals surface area contributed by atoms with Crippen LogP contribution in [0.15, 0.2) is 24.3 Å². The van der Waals surface area contributed by atoms with E-state index >= 15 is 0 Å². The Bertz CT molecular complexity index is 324. The second-order valence-corrected chi connectivity index (χ2v) is 4.36. The van der Waals surface area contributed by atoms with E-state index in [-0.39, 0.29) is 12.5 Å². The molecule has 82 valence electrons. The molecule has 3 nitrogen and oxygen atoms in total. The third kappa shape index (κ3) is 3.46. The highest BCUT2D eigenvalue weighted by Gasteiger charge is 2.12. The maximum absolute atomic E-state index is 11.9. The van der Waals surface area contributed by atoms with Crippen LogP contribution in [0.2, 0.25) is 0 Å². The van der Waals surface area contributed by atoms with Crippen molar-refractivity contribution in [2.75, 3.05) is 19.7 Å². The molecule has 0 saturated heterocycles. The molecule has 1 aromatic carbocycles. The van der Waals surface area contributed by atoms with Crippen LogP contribution >= 0.6 is 22.6 Å². The van der Waals surface area contributed by atoms with Gasteiger partial charge in [0.2, 0.25) is 0 Å². The van der Waals surface area contributed by atoms with Crippen LogP contribution in [-0.4, -0.2) is 35.6 Å². The first-order valence-corrected chi connectivity index (χ1v) is 5.92. The molecule has 0 saturated carbocycles. The Kier molecular flexibility index (Phi) is 5.04. The van der Waals surface area contributed by atoms with Gasteiger partial charge in [-0.15, -0.1) is 0 Å². The van der Waals surface area contributed by atoms with E-state index in [0.29, 0.717) is 18.7 Å². The number of benzene rings is 1. The molecule has 0 bridgehead atoms. The monoisotopic (exact) mass is 319 g/mol. The first-order chi connectivity index (χ1) is 7.19. The lowest BCUT2D eigenvalue weighted by Gasteiger charge is -2.19. The molecule has 0 aromatic heterocycles. The van der Waals surface area contributed by atoms with Gasteiger partial charge in [-0.3, -0.25) is 4.79 Å². The number of aliphatic hydroxyl groups is 1. The predicted molar refractivity (Wildman–Crippen MR) is 67.8 cm³/mol. The van der Waals surface area contributed by atoms with Crippen LogP contribution in [-0.2, 0) is 0 Å². The third-order valence-corrected chi connectivity index (χ3v) is 2.85. The molecule has 0 radical (unpaired) electrons. The number of nitrogens with zero attached hydrogens (tertiary/aromatic N) is 1. The van der Waals surface area contributed by atoms with E-state index in [1.54, 1.807) is 4.90 Å². The van der Waals surface area contributed by atoms with E-state index in [4.69, 9.17) is 5.11 Å². The van der Waals surface area contributed by atoms with Gasteiger partial charge >= 0.3 is 0 Å². The van der Waals surface area contributed by atoms with Crippen molar-refractivity contribution in [1.29, 1.82) is 0 Å². The van der Waals surface area contributed by atoms with Crippen molar-refractivity contribution in [3.8, 4) is 0 Å². The smallest absolute Gasteiger partial charge is 0.253 e. The maximum atomic E-state index is 11.9. The number of likely N-dealkylation sites (N-methyl/N-ethyl adjacent to an activating group) is 1. The zero-order valence-corrected chi connectivity index (χ0v) is 10.8. The minimum Gasteiger partial charge on any atom is -0.395 e. The van der Waals surface area contributed by atoms with Gasteiger partial charge in [-0.05, 0) is 53.8 Å². The largest absolute Gasteiger partial charge is 0.395 e. The van der Waals surface area contributed by atoms with Gasteiger partial charge in [0.15, 0.2) is 0 Å². The molecule has 4 heteroatoms. The summed E-state index contributed by atoms with van der Waals surface area (Å²) in [7, 11) is 0. The van der Waals surface area contributed by atoms with Gasteiger partial charge in [0.25, 0.3) is 5.91 Å². The second kappa shape index (κ2) is 6.07. The summed E-state index contributed by atoms with van der Waals surface area (Å²) in [6, 6.07) is 7.43. The van der Waals surface area contributed by atoms with Crippen molar-refractivity contribution in [3.63, 3.8) is 0 Å². The highest BCUT2D eigenvalue weighted by atomic mass is 127. The van der Waals surface area contributed by atoms with Crippen LogP contribution in [0.25, 0.3) is 0 Å². The first kappa shape index (κ1) is 12.4. The molecular weight excluding hydrogens is 305 g/mol. The zero-order valence-electron chi connectivity index (χ0n) is 8.61. The summed E-state index contributed by atoms with van der Waals surface area (Å²) in [5, 5.41) is 8.81. The minimum absolute atomic E-state index is 0.00392. The fraction of sp³-hybridized carbons (Fsp3) is 0.364. The molecule has 15 heavy (non-hydrogen) atoms. The average Bonchev–Trinajstić information content (AvgIpc) is 2.26. The van der Waals surface area contributed by atoms with Crippen LogP contribution in [0.4, 0.5) is 0 Å². The highest BCUT2D eigenvalue weighted by Crippen LogP contribution is 2.09. The lowest BCUT2D eigenvalue weighted by molar-refractivity contribution is 0.0732. The summed E-state index contributed by atoms with van der Waals surface area (Å²) in [6.45, 7) is 2.91. The number of halogens is 1. The van der Waals surface area contributed by atoms with Crippen molar-refractivity contribution < 1.29 is 9.90 Å². The number of hydrogen-bond donors (Lipinski definition) is 1. The van der Waals surface area contributed by atoms with Crippen molar-refractivity contribution in [2.45, 2.75) is 6.92 Å². The second-order valence-electron chi connectivity index (χ2n) is 3.12. The molecule has 0 fully saturated rings. The van der Waals surface area contributed by atoms with Gasteiger partial charge in [-0.1, -0.05) is 0 Å². The number of hydrogen-bond acceptors (Lipinski definition) is 2. The molecule has 0 heterocycles. The maximum Gasteiger partial charge on any atom is 0.253 e. The summed E-state index contributed by atoms with van der Waals surface area (Å²) in [6.07, 6.45) is 0. The SMILES string of the molecule is CCN(CCO)C(=O)c1ccc(I)cc1. The van der Waals surface area contributed by atoms with Crippen molar-refractivity contribution in [2.24, 2.45) is 0 Å². The summed E-state index contributed by atoms with van der Waals surface area (Å²) >= 11 is 2.20. The van der Waals surface area contributed by atoms with E-state index in [0.717, 1.165) is 3.57 Å². The van der Waals surface area contributed by atoms with Crippen molar-refractivity contribution in [3.05, 3.63) is 33.4 Å². The van der Waals surface area contributed by atoms with E-state index in [2.05, 4.69) is 22.6 Å². The summed E-state index contributed by atoms with van der Waals surface area (Å²) in [4.78, 5) is 13.5. The Balaban J connectivity index is 2.78.